The van der Waals surface area contributed by atoms with Crippen LogP contribution in [0, 0.1) is 0 Å². The number of nitrogens with zero attached hydrogens (tertiary/aromatic N) is 4. The summed E-state index contributed by atoms with van der Waals surface area (Å²) < 4.78 is 37.0. The molecule has 3 rings (SSSR count). The van der Waals surface area contributed by atoms with Crippen LogP contribution >= 0.6 is 0 Å². The lowest BCUT2D eigenvalue weighted by atomic mass is 10.1. The quantitative estimate of drug-likeness (QED) is 0.776. The maximum absolute atomic E-state index is 13.0. The highest BCUT2D eigenvalue weighted by Crippen LogP contribution is 2.27. The lowest BCUT2D eigenvalue weighted by Crippen LogP contribution is -2.51. The Balaban J connectivity index is 1.70. The van der Waals surface area contributed by atoms with Crippen molar-refractivity contribution in [2.24, 2.45) is 0 Å². The van der Waals surface area contributed by atoms with Gasteiger partial charge in [0.2, 0.25) is 0 Å². The van der Waals surface area contributed by atoms with Gasteiger partial charge in [-0.2, -0.15) is 17.0 Å². The summed E-state index contributed by atoms with van der Waals surface area (Å²) in [5.41, 5.74) is 0. The zero-order chi connectivity index (χ0) is 16.3. The summed E-state index contributed by atoms with van der Waals surface area (Å²) in [7, 11) is -3.41. The fraction of sp³-hybridized carbons (Fsp3) is 0.800. The third-order valence-corrected chi connectivity index (χ3v) is 6.73. The van der Waals surface area contributed by atoms with Crippen molar-refractivity contribution in [1.82, 2.24) is 18.2 Å². The van der Waals surface area contributed by atoms with E-state index in [1.165, 1.54) is 0 Å². The molecule has 130 valence electrons. The van der Waals surface area contributed by atoms with Gasteiger partial charge in [0.25, 0.3) is 10.2 Å². The molecule has 7 nitrogen and oxygen atoms in total. The normalized spacial score (nSPS) is 27.5. The summed E-state index contributed by atoms with van der Waals surface area (Å²) in [6, 6.07) is 0.0154. The number of hydrogen-bond acceptors (Lipinski definition) is 4. The minimum Gasteiger partial charge on any atom is -0.377 e. The van der Waals surface area contributed by atoms with E-state index in [9.17, 15) is 8.42 Å². The molecule has 0 aliphatic carbocycles. The monoisotopic (exact) mass is 342 g/mol. The highest BCUT2D eigenvalue weighted by molar-refractivity contribution is 7.86. The molecule has 0 N–H and O–H groups in total. The van der Waals surface area contributed by atoms with Gasteiger partial charge in [0.05, 0.1) is 12.4 Å². The molecule has 3 heterocycles. The summed E-state index contributed by atoms with van der Waals surface area (Å²) in [5, 5.41) is 0. The molecule has 0 bridgehead atoms. The Kier molecular flexibility index (Phi) is 5.35. The van der Waals surface area contributed by atoms with Gasteiger partial charge in [0.15, 0.2) is 0 Å². The van der Waals surface area contributed by atoms with Gasteiger partial charge in [-0.3, -0.25) is 0 Å². The van der Waals surface area contributed by atoms with Gasteiger partial charge in [-0.25, -0.2) is 4.98 Å². The second-order valence-electron chi connectivity index (χ2n) is 6.25. The zero-order valence-corrected chi connectivity index (χ0v) is 14.5. The van der Waals surface area contributed by atoms with Crippen LogP contribution in [0.3, 0.4) is 0 Å². The number of ether oxygens (including phenoxy) is 1. The summed E-state index contributed by atoms with van der Waals surface area (Å²) in [5.74, 6) is 0. The summed E-state index contributed by atoms with van der Waals surface area (Å²) in [6.45, 7) is 4.94. The third-order valence-electron chi connectivity index (χ3n) is 4.67. The zero-order valence-electron chi connectivity index (χ0n) is 13.7. The van der Waals surface area contributed by atoms with Gasteiger partial charge >= 0.3 is 0 Å². The van der Waals surface area contributed by atoms with Gasteiger partial charge < -0.3 is 9.30 Å². The van der Waals surface area contributed by atoms with E-state index in [4.69, 9.17) is 4.74 Å². The number of imidazole rings is 1. The molecule has 2 fully saturated rings. The molecule has 2 aliphatic rings. The molecular weight excluding hydrogens is 316 g/mol. The van der Waals surface area contributed by atoms with Gasteiger partial charge in [-0.05, 0) is 32.6 Å². The molecule has 0 aromatic carbocycles. The van der Waals surface area contributed by atoms with E-state index in [0.29, 0.717) is 32.8 Å². The van der Waals surface area contributed by atoms with Gasteiger partial charge in [0, 0.05) is 51.2 Å². The number of aromatic nitrogens is 2. The number of piperidine rings is 1. The maximum atomic E-state index is 13.0. The Morgan fingerprint density at radius 3 is 2.83 bits per heavy atom. The van der Waals surface area contributed by atoms with Crippen LogP contribution in [0.1, 0.15) is 32.6 Å². The fourth-order valence-corrected chi connectivity index (χ4v) is 5.49. The standard InChI is InChI=1S/C15H26N4O3S/c1-2-22-15-6-4-8-18(12-15)23(20,21)19-9-3-5-14(19)11-17-10-7-16-13-17/h7,10,13-15H,2-6,8-9,11-12H2,1H3/t14-,15-/m0/s1. The van der Waals surface area contributed by atoms with Crippen LogP contribution in [-0.2, 0) is 21.5 Å². The van der Waals surface area contributed by atoms with E-state index < -0.39 is 10.2 Å². The van der Waals surface area contributed by atoms with Crippen molar-refractivity contribution in [3.8, 4) is 0 Å². The molecule has 0 unspecified atom stereocenters. The molecule has 2 aliphatic heterocycles. The molecular formula is C15H26N4O3S. The second kappa shape index (κ2) is 7.29. The summed E-state index contributed by atoms with van der Waals surface area (Å²) in [6.07, 6.45) is 9.01. The molecule has 2 atom stereocenters. The van der Waals surface area contributed by atoms with Crippen LogP contribution in [-0.4, -0.2) is 65.0 Å². The first-order chi connectivity index (χ1) is 11.1. The first-order valence-corrected chi connectivity index (χ1v) is 9.85. The second-order valence-corrected chi connectivity index (χ2v) is 8.13. The lowest BCUT2D eigenvalue weighted by molar-refractivity contribution is 0.0250. The molecule has 0 saturated carbocycles. The Morgan fingerprint density at radius 2 is 2.09 bits per heavy atom. The third kappa shape index (κ3) is 3.76. The molecule has 0 spiro atoms. The average Bonchev–Trinajstić information content (AvgIpc) is 3.20. The average molecular weight is 342 g/mol. The Morgan fingerprint density at radius 1 is 1.26 bits per heavy atom. The van der Waals surface area contributed by atoms with E-state index in [-0.39, 0.29) is 12.1 Å². The van der Waals surface area contributed by atoms with E-state index in [2.05, 4.69) is 4.98 Å². The number of rotatable bonds is 6. The SMILES string of the molecule is CCO[C@H]1CCCN(S(=O)(=O)N2CCC[C@H]2Cn2ccnc2)C1. The molecule has 1 aromatic heterocycles. The molecule has 8 heteroatoms. The minimum absolute atomic E-state index is 0.0154. The molecule has 0 amide bonds. The Hall–Kier alpha value is -0.960. The van der Waals surface area contributed by atoms with Crippen LogP contribution in [0.15, 0.2) is 18.7 Å². The smallest absolute Gasteiger partial charge is 0.282 e. The fourth-order valence-electron chi connectivity index (χ4n) is 3.57. The van der Waals surface area contributed by atoms with E-state index in [1.54, 1.807) is 21.1 Å². The lowest BCUT2D eigenvalue weighted by Gasteiger charge is -2.36. The van der Waals surface area contributed by atoms with Crippen LogP contribution in [0.5, 0.6) is 0 Å². The molecule has 23 heavy (non-hydrogen) atoms. The van der Waals surface area contributed by atoms with Crippen molar-refractivity contribution in [3.05, 3.63) is 18.7 Å². The van der Waals surface area contributed by atoms with Crippen LogP contribution in [0.25, 0.3) is 0 Å². The predicted octanol–water partition coefficient (Wildman–Crippen LogP) is 1.09. The van der Waals surface area contributed by atoms with Gasteiger partial charge in [0.1, 0.15) is 0 Å². The molecule has 2 saturated heterocycles. The van der Waals surface area contributed by atoms with Crippen LogP contribution < -0.4 is 0 Å². The summed E-state index contributed by atoms with van der Waals surface area (Å²) >= 11 is 0. The molecule has 0 radical (unpaired) electrons. The Labute approximate surface area is 138 Å². The first kappa shape index (κ1) is 16.9. The van der Waals surface area contributed by atoms with Crippen molar-refractivity contribution in [1.29, 1.82) is 0 Å². The van der Waals surface area contributed by atoms with Gasteiger partial charge in [-0.1, -0.05) is 0 Å². The van der Waals surface area contributed by atoms with E-state index >= 15 is 0 Å². The maximum Gasteiger partial charge on any atom is 0.282 e. The Bertz CT molecular complexity index is 588. The van der Waals surface area contributed by atoms with Crippen molar-refractivity contribution in [3.63, 3.8) is 0 Å². The highest BCUT2D eigenvalue weighted by atomic mass is 32.2. The highest BCUT2D eigenvalue weighted by Gasteiger charge is 2.39. The van der Waals surface area contributed by atoms with Crippen molar-refractivity contribution in [2.45, 2.75) is 51.3 Å². The topological polar surface area (TPSA) is 67.7 Å². The largest absolute Gasteiger partial charge is 0.377 e. The van der Waals surface area contributed by atoms with Gasteiger partial charge in [-0.15, -0.1) is 0 Å². The minimum atomic E-state index is -3.41. The van der Waals surface area contributed by atoms with E-state index in [0.717, 1.165) is 25.7 Å². The van der Waals surface area contributed by atoms with Crippen molar-refractivity contribution in [2.75, 3.05) is 26.2 Å². The van der Waals surface area contributed by atoms with E-state index in [1.807, 2.05) is 17.7 Å². The van der Waals surface area contributed by atoms with Crippen molar-refractivity contribution >= 4 is 10.2 Å². The first-order valence-electron chi connectivity index (χ1n) is 8.45. The predicted molar refractivity (Wildman–Crippen MR) is 87.1 cm³/mol. The summed E-state index contributed by atoms with van der Waals surface area (Å²) in [4.78, 5) is 4.04. The molecule has 1 aromatic rings. The van der Waals surface area contributed by atoms with Crippen molar-refractivity contribution < 1.29 is 13.2 Å². The van der Waals surface area contributed by atoms with Crippen LogP contribution in [0.4, 0.5) is 0 Å². The number of hydrogen-bond donors (Lipinski definition) is 0. The van der Waals surface area contributed by atoms with Crippen LogP contribution in [0.2, 0.25) is 0 Å².